The van der Waals surface area contributed by atoms with Gasteiger partial charge in [-0.05, 0) is 79.3 Å². The van der Waals surface area contributed by atoms with Crippen molar-refractivity contribution in [2.24, 2.45) is 0 Å². The summed E-state index contributed by atoms with van der Waals surface area (Å²) in [5.74, 6) is -0.116. The van der Waals surface area contributed by atoms with Gasteiger partial charge in [0.1, 0.15) is 16.1 Å². The normalized spacial score (nSPS) is 17.7. The zero-order valence-corrected chi connectivity index (χ0v) is 27.8. The quantitative estimate of drug-likeness (QED) is 0.209. The highest BCUT2D eigenvalue weighted by Crippen LogP contribution is 2.36. The van der Waals surface area contributed by atoms with Crippen molar-refractivity contribution in [3.05, 3.63) is 130 Å². The number of carbonyl (C=O) groups is 1. The molecule has 0 aromatic heterocycles. The van der Waals surface area contributed by atoms with E-state index >= 15 is 0 Å². The molecule has 0 saturated carbocycles. The van der Waals surface area contributed by atoms with Gasteiger partial charge in [0, 0.05) is 11.8 Å². The molecule has 0 spiro atoms. The molecule has 1 unspecified atom stereocenters. The van der Waals surface area contributed by atoms with Crippen molar-refractivity contribution in [2.45, 2.75) is 65.3 Å². The molecule has 47 heavy (non-hydrogen) atoms. The fourth-order valence-electron chi connectivity index (χ4n) is 5.63. The van der Waals surface area contributed by atoms with Gasteiger partial charge in [-0.1, -0.05) is 104 Å². The highest BCUT2D eigenvalue weighted by Gasteiger charge is 2.52. The smallest absolute Gasteiger partial charge is 0.423 e. The summed E-state index contributed by atoms with van der Waals surface area (Å²) in [4.78, 5) is 11.5. The zero-order chi connectivity index (χ0) is 33.1. The van der Waals surface area contributed by atoms with Gasteiger partial charge < -0.3 is 19.0 Å². The van der Waals surface area contributed by atoms with Crippen molar-refractivity contribution in [3.8, 4) is 0 Å². The van der Waals surface area contributed by atoms with E-state index in [0.717, 1.165) is 41.3 Å². The Hall–Kier alpha value is -3.53. The number of rotatable bonds is 8. The van der Waals surface area contributed by atoms with E-state index in [4.69, 9.17) is 14.0 Å². The second kappa shape index (κ2) is 14.7. The van der Waals surface area contributed by atoms with E-state index in [2.05, 4.69) is 12.1 Å². The SMILES string of the molecule is C.CC1(C)OB(c2cc(Cc3ccccc3)ccc2C=O)OC1(C)C.CS(=O)(=O)CC1OB(O)c2cc(Cc3ccccc3)ccc21. The lowest BCUT2D eigenvalue weighted by Gasteiger charge is -2.32. The lowest BCUT2D eigenvalue weighted by molar-refractivity contribution is 0.00578. The van der Waals surface area contributed by atoms with Gasteiger partial charge in [-0.25, -0.2) is 8.42 Å². The number of sulfone groups is 1. The molecule has 2 aliphatic rings. The van der Waals surface area contributed by atoms with Gasteiger partial charge in [0.05, 0.1) is 23.1 Å². The van der Waals surface area contributed by atoms with Crippen LogP contribution in [0.5, 0.6) is 0 Å². The molecule has 2 aliphatic heterocycles. The second-order valence-corrected chi connectivity index (χ2v) is 15.2. The number of aldehydes is 1. The second-order valence-electron chi connectivity index (χ2n) is 13.0. The molecular weight excluding hydrogens is 610 g/mol. The van der Waals surface area contributed by atoms with Gasteiger partial charge in [-0.15, -0.1) is 0 Å². The molecule has 0 radical (unpaired) electrons. The number of hydrogen-bond donors (Lipinski definition) is 1. The Morgan fingerprint density at radius 2 is 1.23 bits per heavy atom. The molecule has 0 amide bonds. The molecule has 7 nitrogen and oxygen atoms in total. The Kier molecular flexibility index (Phi) is 11.4. The number of hydrogen-bond acceptors (Lipinski definition) is 7. The summed E-state index contributed by atoms with van der Waals surface area (Å²) >= 11 is 0. The molecule has 4 aromatic carbocycles. The van der Waals surface area contributed by atoms with Gasteiger partial charge in [-0.2, -0.15) is 0 Å². The molecule has 6 rings (SSSR count). The van der Waals surface area contributed by atoms with Gasteiger partial charge in [0.25, 0.3) is 0 Å². The summed E-state index contributed by atoms with van der Waals surface area (Å²) in [6.07, 6.45) is 3.02. The fourth-order valence-corrected chi connectivity index (χ4v) is 6.43. The largest absolute Gasteiger partial charge is 0.495 e. The Morgan fingerprint density at radius 1 is 0.745 bits per heavy atom. The third-order valence-corrected chi connectivity index (χ3v) is 9.71. The van der Waals surface area contributed by atoms with Crippen LogP contribution in [0.3, 0.4) is 0 Å². The van der Waals surface area contributed by atoms with Gasteiger partial charge in [-0.3, -0.25) is 4.79 Å². The van der Waals surface area contributed by atoms with E-state index < -0.39 is 41.4 Å². The zero-order valence-electron chi connectivity index (χ0n) is 27.0. The minimum absolute atomic E-state index is 0. The highest BCUT2D eigenvalue weighted by molar-refractivity contribution is 7.90. The van der Waals surface area contributed by atoms with E-state index in [9.17, 15) is 18.2 Å². The molecule has 246 valence electrons. The maximum Gasteiger partial charge on any atom is 0.495 e. The molecule has 1 N–H and O–H groups in total. The van der Waals surface area contributed by atoms with E-state index in [0.29, 0.717) is 11.0 Å². The van der Waals surface area contributed by atoms with Gasteiger partial charge >= 0.3 is 14.2 Å². The van der Waals surface area contributed by atoms with Gasteiger partial charge in [0.2, 0.25) is 0 Å². The van der Waals surface area contributed by atoms with Crippen molar-refractivity contribution >= 4 is 41.3 Å². The lowest BCUT2D eigenvalue weighted by Crippen LogP contribution is -2.41. The predicted molar refractivity (Wildman–Crippen MR) is 190 cm³/mol. The van der Waals surface area contributed by atoms with Crippen LogP contribution < -0.4 is 10.9 Å². The Balaban J connectivity index is 0.000000209. The summed E-state index contributed by atoms with van der Waals surface area (Å²) in [6, 6.07) is 31.9. The van der Waals surface area contributed by atoms with Crippen molar-refractivity contribution < 1.29 is 32.2 Å². The summed E-state index contributed by atoms with van der Waals surface area (Å²) in [7, 11) is -4.75. The van der Waals surface area contributed by atoms with Crippen LogP contribution in [0.15, 0.2) is 97.1 Å². The molecule has 1 saturated heterocycles. The monoisotopic (exact) mass is 654 g/mol. The maximum absolute atomic E-state index is 11.5. The summed E-state index contributed by atoms with van der Waals surface area (Å²) in [5, 5.41) is 10.0. The average molecular weight is 654 g/mol. The molecular formula is C37H44B2O7S. The first-order valence-electron chi connectivity index (χ1n) is 15.4. The van der Waals surface area contributed by atoms with Crippen LogP contribution in [-0.2, 0) is 36.6 Å². The van der Waals surface area contributed by atoms with Crippen LogP contribution in [0.4, 0.5) is 0 Å². The van der Waals surface area contributed by atoms with E-state index in [-0.39, 0.29) is 13.2 Å². The molecule has 2 heterocycles. The first-order chi connectivity index (χ1) is 21.7. The number of fused-ring (bicyclic) bond motifs is 1. The summed E-state index contributed by atoms with van der Waals surface area (Å²) < 4.78 is 40.5. The minimum Gasteiger partial charge on any atom is -0.423 e. The molecule has 0 aliphatic carbocycles. The van der Waals surface area contributed by atoms with Crippen LogP contribution in [0.25, 0.3) is 0 Å². The van der Waals surface area contributed by atoms with Crippen LogP contribution in [0, 0.1) is 0 Å². The fraction of sp³-hybridized carbons (Fsp3) is 0.324. The predicted octanol–water partition coefficient (Wildman–Crippen LogP) is 5.11. The Morgan fingerprint density at radius 3 is 1.72 bits per heavy atom. The molecule has 1 fully saturated rings. The highest BCUT2D eigenvalue weighted by atomic mass is 32.2. The van der Waals surface area contributed by atoms with E-state index in [1.807, 2.05) is 113 Å². The van der Waals surface area contributed by atoms with E-state index in [1.54, 1.807) is 0 Å². The summed E-state index contributed by atoms with van der Waals surface area (Å²) in [5.41, 5.74) is 6.61. The Labute approximate surface area is 280 Å². The van der Waals surface area contributed by atoms with Crippen molar-refractivity contribution in [1.29, 1.82) is 0 Å². The van der Waals surface area contributed by atoms with Crippen molar-refractivity contribution in [1.82, 2.24) is 0 Å². The van der Waals surface area contributed by atoms with Crippen molar-refractivity contribution in [3.63, 3.8) is 0 Å². The molecule has 1 atom stereocenters. The third-order valence-electron chi connectivity index (χ3n) is 8.80. The van der Waals surface area contributed by atoms with Crippen LogP contribution in [0.2, 0.25) is 0 Å². The van der Waals surface area contributed by atoms with Gasteiger partial charge in [0.15, 0.2) is 0 Å². The third kappa shape index (κ3) is 8.89. The van der Waals surface area contributed by atoms with Crippen LogP contribution >= 0.6 is 0 Å². The first kappa shape index (κ1) is 36.3. The average Bonchev–Trinajstić information content (AvgIpc) is 3.42. The maximum atomic E-state index is 11.5. The van der Waals surface area contributed by atoms with E-state index in [1.165, 1.54) is 17.4 Å². The van der Waals surface area contributed by atoms with Crippen LogP contribution in [-0.4, -0.2) is 57.2 Å². The molecule has 4 aromatic rings. The number of carbonyl (C=O) groups excluding carboxylic acids is 1. The van der Waals surface area contributed by atoms with Crippen LogP contribution in [0.1, 0.15) is 79.4 Å². The first-order valence-corrected chi connectivity index (χ1v) is 17.5. The minimum atomic E-state index is -3.17. The van der Waals surface area contributed by atoms with Crippen molar-refractivity contribution in [2.75, 3.05) is 12.0 Å². The lowest BCUT2D eigenvalue weighted by atomic mass is 9.75. The molecule has 10 heteroatoms. The topological polar surface area (TPSA) is 99.1 Å². The molecule has 0 bridgehead atoms. The Bertz CT molecular complexity index is 1760. The standard InChI is InChI=1S/C20H23BO3.C16H17BO4S.CH4/c1-19(2)20(3,4)24-21(23-19)18-13-16(10-11-17(18)14-22)12-15-8-6-5-7-9-15;1-22(19,20)11-16-14-8-7-13(10-15(14)17(18)21-16)9-12-5-3-2-4-6-12;/h5-11,13-14H,12H2,1-4H3;2-8,10,16,18H,9,11H2,1H3;1H4. The summed E-state index contributed by atoms with van der Waals surface area (Å²) in [6.45, 7) is 8.06. The number of benzene rings is 4.